The van der Waals surface area contributed by atoms with Crippen LogP contribution in [0.5, 0.6) is 11.5 Å². The summed E-state index contributed by atoms with van der Waals surface area (Å²) in [5, 5.41) is 19.3. The molecule has 0 amide bonds. The van der Waals surface area contributed by atoms with Crippen molar-refractivity contribution in [3.05, 3.63) is 53.6 Å². The molecular weight excluding hydrogens is 264 g/mol. The van der Waals surface area contributed by atoms with E-state index in [0.29, 0.717) is 11.8 Å². The van der Waals surface area contributed by atoms with Crippen LogP contribution in [0.4, 0.5) is 0 Å². The molecule has 0 fully saturated rings. The molecule has 21 heavy (non-hydrogen) atoms. The Balaban J connectivity index is 2.61. The van der Waals surface area contributed by atoms with Crippen molar-refractivity contribution >= 4 is 12.4 Å². The predicted molar refractivity (Wildman–Crippen MR) is 86.6 cm³/mol. The Morgan fingerprint density at radius 1 is 0.952 bits per heavy atom. The second-order valence-corrected chi connectivity index (χ2v) is 4.72. The van der Waals surface area contributed by atoms with E-state index in [1.54, 1.807) is 12.2 Å². The number of phenolic OH excluding ortho intramolecular Hbond substituents is 2. The van der Waals surface area contributed by atoms with Crippen molar-refractivity contribution in [2.24, 2.45) is 0 Å². The predicted octanol–water partition coefficient (Wildman–Crippen LogP) is 4.62. The molecule has 3 heteroatoms. The zero-order chi connectivity index (χ0) is 15.5. The summed E-state index contributed by atoms with van der Waals surface area (Å²) < 4.78 is 0. The van der Waals surface area contributed by atoms with Gasteiger partial charge in [0.05, 0.1) is 5.56 Å². The Bertz CT molecular complexity index is 540. The van der Waals surface area contributed by atoms with E-state index in [2.05, 4.69) is 13.0 Å². The van der Waals surface area contributed by atoms with E-state index in [1.807, 2.05) is 18.2 Å². The van der Waals surface area contributed by atoms with Crippen LogP contribution >= 0.6 is 0 Å². The van der Waals surface area contributed by atoms with E-state index < -0.39 is 0 Å². The lowest BCUT2D eigenvalue weighted by atomic mass is 10.1. The Morgan fingerprint density at radius 3 is 2.29 bits per heavy atom. The SMILES string of the molecule is CCCCCC=CC=CC=Cc1c(O)ccc(O)c1C=O. The third kappa shape index (κ3) is 5.69. The van der Waals surface area contributed by atoms with Gasteiger partial charge in [-0.05, 0) is 25.0 Å². The summed E-state index contributed by atoms with van der Waals surface area (Å²) >= 11 is 0. The number of rotatable bonds is 8. The number of hydrogen-bond acceptors (Lipinski definition) is 3. The van der Waals surface area contributed by atoms with E-state index in [0.717, 1.165) is 6.42 Å². The quantitative estimate of drug-likeness (QED) is 0.317. The molecule has 1 rings (SSSR count). The summed E-state index contributed by atoms with van der Waals surface area (Å²) in [5.41, 5.74) is 0.413. The number of carbonyl (C=O) groups excluding carboxylic acids is 1. The second kappa shape index (κ2) is 9.59. The highest BCUT2D eigenvalue weighted by molar-refractivity contribution is 5.87. The molecule has 2 N–H and O–H groups in total. The highest BCUT2D eigenvalue weighted by Crippen LogP contribution is 2.28. The molecule has 0 radical (unpaired) electrons. The van der Waals surface area contributed by atoms with Crippen LogP contribution in [-0.2, 0) is 0 Å². The molecule has 1 aromatic carbocycles. The summed E-state index contributed by atoms with van der Waals surface area (Å²) in [7, 11) is 0. The highest BCUT2D eigenvalue weighted by Gasteiger charge is 2.08. The molecule has 0 aliphatic carbocycles. The maximum Gasteiger partial charge on any atom is 0.154 e. The molecule has 0 atom stereocenters. The average molecular weight is 286 g/mol. The van der Waals surface area contributed by atoms with Crippen LogP contribution in [0.1, 0.15) is 48.5 Å². The van der Waals surface area contributed by atoms with Crippen LogP contribution in [0.15, 0.2) is 42.5 Å². The smallest absolute Gasteiger partial charge is 0.154 e. The number of aldehydes is 1. The third-order valence-corrected chi connectivity index (χ3v) is 3.07. The lowest BCUT2D eigenvalue weighted by molar-refractivity contribution is 0.112. The summed E-state index contributed by atoms with van der Waals surface area (Å²) in [5.74, 6) is -0.170. The standard InChI is InChI=1S/C18H22O3/c1-2-3-4-5-6-7-8-9-10-11-15-16(14-19)18(21)13-12-17(15)20/h6-14,20-21H,2-5H2,1H3. The molecule has 3 nitrogen and oxygen atoms in total. The molecule has 0 aliphatic heterocycles. The zero-order valence-corrected chi connectivity index (χ0v) is 12.3. The molecule has 1 aromatic rings. The van der Waals surface area contributed by atoms with Crippen molar-refractivity contribution in [1.82, 2.24) is 0 Å². The monoisotopic (exact) mass is 286 g/mol. The fraction of sp³-hybridized carbons (Fsp3) is 0.278. The van der Waals surface area contributed by atoms with Crippen molar-refractivity contribution in [2.45, 2.75) is 32.6 Å². The maximum absolute atomic E-state index is 10.9. The van der Waals surface area contributed by atoms with Gasteiger partial charge in [-0.25, -0.2) is 0 Å². The number of carbonyl (C=O) groups is 1. The Hall–Kier alpha value is -2.29. The van der Waals surface area contributed by atoms with Crippen molar-refractivity contribution in [3.63, 3.8) is 0 Å². The maximum atomic E-state index is 10.9. The number of hydrogen-bond donors (Lipinski definition) is 2. The molecule has 0 aromatic heterocycles. The van der Waals surface area contributed by atoms with Gasteiger partial charge in [-0.2, -0.15) is 0 Å². The lowest BCUT2D eigenvalue weighted by Gasteiger charge is -2.04. The molecular formula is C18H22O3. The highest BCUT2D eigenvalue weighted by atomic mass is 16.3. The first-order chi connectivity index (χ1) is 10.2. The largest absolute Gasteiger partial charge is 0.507 e. The molecule has 0 unspecified atom stereocenters. The fourth-order valence-electron chi connectivity index (χ4n) is 1.88. The molecule has 0 spiro atoms. The molecule has 0 aliphatic rings. The van der Waals surface area contributed by atoms with E-state index in [1.165, 1.54) is 31.4 Å². The first-order valence-electron chi connectivity index (χ1n) is 7.20. The van der Waals surface area contributed by atoms with Crippen molar-refractivity contribution in [1.29, 1.82) is 0 Å². The van der Waals surface area contributed by atoms with E-state index in [-0.39, 0.29) is 17.1 Å². The van der Waals surface area contributed by atoms with Gasteiger partial charge < -0.3 is 10.2 Å². The minimum Gasteiger partial charge on any atom is -0.507 e. The molecule has 0 heterocycles. The lowest BCUT2D eigenvalue weighted by Crippen LogP contribution is -1.87. The van der Waals surface area contributed by atoms with Gasteiger partial charge in [0.2, 0.25) is 0 Å². The number of phenols is 2. The van der Waals surface area contributed by atoms with Crippen LogP contribution in [0.25, 0.3) is 6.08 Å². The Morgan fingerprint density at radius 2 is 1.62 bits per heavy atom. The van der Waals surface area contributed by atoms with Crippen LogP contribution in [0.2, 0.25) is 0 Å². The first kappa shape index (κ1) is 16.8. The first-order valence-corrected chi connectivity index (χ1v) is 7.20. The average Bonchev–Trinajstić information content (AvgIpc) is 2.49. The summed E-state index contributed by atoms with van der Waals surface area (Å²) in [6, 6.07) is 2.66. The van der Waals surface area contributed by atoms with E-state index in [4.69, 9.17) is 0 Å². The second-order valence-electron chi connectivity index (χ2n) is 4.72. The van der Waals surface area contributed by atoms with Gasteiger partial charge in [0.25, 0.3) is 0 Å². The summed E-state index contributed by atoms with van der Waals surface area (Å²) in [6.45, 7) is 2.18. The topological polar surface area (TPSA) is 57.5 Å². The minimum absolute atomic E-state index is 0.0327. The van der Waals surface area contributed by atoms with Gasteiger partial charge in [-0.1, -0.05) is 56.2 Å². The third-order valence-electron chi connectivity index (χ3n) is 3.07. The van der Waals surface area contributed by atoms with E-state index in [9.17, 15) is 15.0 Å². The summed E-state index contributed by atoms with van der Waals surface area (Å²) in [4.78, 5) is 10.9. The zero-order valence-electron chi connectivity index (χ0n) is 12.3. The number of benzene rings is 1. The van der Waals surface area contributed by atoms with E-state index >= 15 is 0 Å². The number of allylic oxidation sites excluding steroid dienone is 5. The van der Waals surface area contributed by atoms with Crippen LogP contribution in [-0.4, -0.2) is 16.5 Å². The number of aromatic hydroxyl groups is 2. The normalized spacial score (nSPS) is 11.9. The Kier molecular flexibility index (Phi) is 7.65. The molecule has 112 valence electrons. The van der Waals surface area contributed by atoms with Gasteiger partial charge in [-0.15, -0.1) is 0 Å². The van der Waals surface area contributed by atoms with Crippen LogP contribution < -0.4 is 0 Å². The Labute approximate surface area is 125 Å². The fourth-order valence-corrected chi connectivity index (χ4v) is 1.88. The minimum atomic E-state index is -0.137. The van der Waals surface area contributed by atoms with Crippen molar-refractivity contribution < 1.29 is 15.0 Å². The van der Waals surface area contributed by atoms with Gasteiger partial charge in [0, 0.05) is 5.56 Å². The van der Waals surface area contributed by atoms with Gasteiger partial charge in [0.15, 0.2) is 6.29 Å². The molecule has 0 saturated carbocycles. The van der Waals surface area contributed by atoms with Gasteiger partial charge in [-0.3, -0.25) is 4.79 Å². The van der Waals surface area contributed by atoms with Crippen molar-refractivity contribution in [3.8, 4) is 11.5 Å². The molecule has 0 bridgehead atoms. The molecule has 0 saturated heterocycles. The summed E-state index contributed by atoms with van der Waals surface area (Å²) in [6.07, 6.45) is 16.4. The van der Waals surface area contributed by atoms with Crippen LogP contribution in [0, 0.1) is 0 Å². The number of unbranched alkanes of at least 4 members (excludes halogenated alkanes) is 3. The van der Waals surface area contributed by atoms with Crippen LogP contribution in [0.3, 0.4) is 0 Å². The van der Waals surface area contributed by atoms with Gasteiger partial charge in [0.1, 0.15) is 11.5 Å². The van der Waals surface area contributed by atoms with Gasteiger partial charge >= 0.3 is 0 Å². The van der Waals surface area contributed by atoms with Crippen molar-refractivity contribution in [2.75, 3.05) is 0 Å².